The zero-order valence-electron chi connectivity index (χ0n) is 25.5. The summed E-state index contributed by atoms with van der Waals surface area (Å²) in [6.45, 7) is 4.69. The van der Waals surface area contributed by atoms with E-state index in [0.29, 0.717) is 0 Å². The lowest BCUT2D eigenvalue weighted by Crippen LogP contribution is -2.14. The molecule has 0 radical (unpaired) electrons. The lowest BCUT2D eigenvalue weighted by Gasteiger charge is -2.22. The Morgan fingerprint density at radius 2 is 0.733 bits per heavy atom. The quantitative estimate of drug-likeness (QED) is 0.185. The molecule has 0 fully saturated rings. The molecule has 8 aromatic rings. The first kappa shape index (κ1) is 26.0. The molecule has 0 nitrogen and oxygen atoms in total. The van der Waals surface area contributed by atoms with Gasteiger partial charge < -0.3 is 0 Å². The third-order valence-corrected chi connectivity index (χ3v) is 10.1. The standard InChI is InChI=1S/C45H32/c1-45(2)43-17-8-7-16-40(43)41-25-23-34(28-44(41)45)32-11-9-10-31(26-32)29-18-20-30(21-19-29)33-22-24-39-37-14-4-3-12-35(37)36-13-5-6-15-38(36)42(39)27-33/h3-28H,1-2H3. The molecule has 0 heteroatoms. The maximum Gasteiger partial charge on any atom is 0.0159 e. The van der Waals surface area contributed by atoms with Gasteiger partial charge in [-0.25, -0.2) is 0 Å². The molecule has 0 N–H and O–H groups in total. The van der Waals surface area contributed by atoms with Crippen LogP contribution in [0.4, 0.5) is 0 Å². The summed E-state index contributed by atoms with van der Waals surface area (Å²) in [5.74, 6) is 0. The Morgan fingerprint density at radius 1 is 0.289 bits per heavy atom. The molecule has 0 spiro atoms. The van der Waals surface area contributed by atoms with Crippen LogP contribution in [0.25, 0.3) is 76.8 Å². The van der Waals surface area contributed by atoms with E-state index >= 15 is 0 Å². The van der Waals surface area contributed by atoms with Gasteiger partial charge in [0.2, 0.25) is 0 Å². The number of fused-ring (bicyclic) bond motifs is 9. The smallest absolute Gasteiger partial charge is 0.0159 e. The average molecular weight is 573 g/mol. The fraction of sp³-hybridized carbons (Fsp3) is 0.0667. The van der Waals surface area contributed by atoms with Gasteiger partial charge in [-0.15, -0.1) is 0 Å². The Kier molecular flexibility index (Phi) is 5.64. The second-order valence-electron chi connectivity index (χ2n) is 12.9. The molecule has 0 bridgehead atoms. The zero-order valence-corrected chi connectivity index (χ0v) is 25.5. The van der Waals surface area contributed by atoms with Gasteiger partial charge in [0, 0.05) is 5.41 Å². The monoisotopic (exact) mass is 572 g/mol. The van der Waals surface area contributed by atoms with Crippen molar-refractivity contribution in [3.05, 3.63) is 169 Å². The van der Waals surface area contributed by atoms with Gasteiger partial charge >= 0.3 is 0 Å². The van der Waals surface area contributed by atoms with E-state index < -0.39 is 0 Å². The molecule has 45 heavy (non-hydrogen) atoms. The fourth-order valence-electron chi connectivity index (χ4n) is 7.70. The minimum Gasteiger partial charge on any atom is -0.0619 e. The van der Waals surface area contributed by atoms with Gasteiger partial charge in [-0.2, -0.15) is 0 Å². The van der Waals surface area contributed by atoms with Crippen molar-refractivity contribution < 1.29 is 0 Å². The molecular formula is C45H32. The fourth-order valence-corrected chi connectivity index (χ4v) is 7.70. The highest BCUT2D eigenvalue weighted by Crippen LogP contribution is 2.49. The van der Waals surface area contributed by atoms with Gasteiger partial charge in [-0.3, -0.25) is 0 Å². The van der Waals surface area contributed by atoms with E-state index in [1.165, 1.54) is 88.0 Å². The third-order valence-electron chi connectivity index (χ3n) is 10.1. The summed E-state index contributed by atoms with van der Waals surface area (Å²) in [7, 11) is 0. The Balaban J connectivity index is 1.07. The lowest BCUT2D eigenvalue weighted by atomic mass is 9.81. The molecule has 212 valence electrons. The second-order valence-corrected chi connectivity index (χ2v) is 12.9. The Hall–Kier alpha value is -5.46. The topological polar surface area (TPSA) is 0 Å². The van der Waals surface area contributed by atoms with E-state index in [1.807, 2.05) is 0 Å². The maximum absolute atomic E-state index is 2.41. The highest BCUT2D eigenvalue weighted by atomic mass is 14.4. The molecule has 0 aromatic heterocycles. The van der Waals surface area contributed by atoms with Crippen LogP contribution in [0.1, 0.15) is 25.0 Å². The highest BCUT2D eigenvalue weighted by Gasteiger charge is 2.35. The van der Waals surface area contributed by atoms with Crippen molar-refractivity contribution in [1.29, 1.82) is 0 Å². The summed E-state index contributed by atoms with van der Waals surface area (Å²) in [5, 5.41) is 7.85. The van der Waals surface area contributed by atoms with Crippen molar-refractivity contribution >= 4 is 32.3 Å². The molecule has 0 unspecified atom stereocenters. The van der Waals surface area contributed by atoms with Crippen LogP contribution in [0.15, 0.2) is 158 Å². The van der Waals surface area contributed by atoms with Crippen molar-refractivity contribution in [2.75, 3.05) is 0 Å². The van der Waals surface area contributed by atoms with Crippen molar-refractivity contribution in [3.8, 4) is 44.5 Å². The van der Waals surface area contributed by atoms with Crippen molar-refractivity contribution in [3.63, 3.8) is 0 Å². The van der Waals surface area contributed by atoms with E-state index in [9.17, 15) is 0 Å². The summed E-state index contributed by atoms with van der Waals surface area (Å²) < 4.78 is 0. The first-order valence-corrected chi connectivity index (χ1v) is 15.9. The molecule has 1 aliphatic carbocycles. The van der Waals surface area contributed by atoms with Gasteiger partial charge in [0.25, 0.3) is 0 Å². The van der Waals surface area contributed by atoms with Crippen molar-refractivity contribution in [2.24, 2.45) is 0 Å². The summed E-state index contributed by atoms with van der Waals surface area (Å²) in [6, 6.07) is 58.4. The van der Waals surface area contributed by atoms with E-state index in [2.05, 4.69) is 172 Å². The minimum atomic E-state index is -0.00245. The number of hydrogen-bond donors (Lipinski definition) is 0. The van der Waals surface area contributed by atoms with Crippen molar-refractivity contribution in [1.82, 2.24) is 0 Å². The van der Waals surface area contributed by atoms with Gasteiger partial charge in [0.1, 0.15) is 0 Å². The predicted molar refractivity (Wildman–Crippen MR) is 193 cm³/mol. The SMILES string of the molecule is CC1(C)c2ccccc2-c2ccc(-c3cccc(-c4ccc(-c5ccc6c7ccccc7c7ccccc7c6c5)cc4)c3)cc21. The van der Waals surface area contributed by atoms with Crippen LogP contribution in [0.5, 0.6) is 0 Å². The average Bonchev–Trinajstić information content (AvgIpc) is 3.34. The Bertz CT molecular complexity index is 2400. The van der Waals surface area contributed by atoms with E-state index in [-0.39, 0.29) is 5.41 Å². The largest absolute Gasteiger partial charge is 0.0619 e. The van der Waals surface area contributed by atoms with E-state index in [4.69, 9.17) is 0 Å². The molecule has 0 saturated heterocycles. The van der Waals surface area contributed by atoms with Crippen LogP contribution >= 0.6 is 0 Å². The Labute approximate surface area is 264 Å². The summed E-state index contributed by atoms with van der Waals surface area (Å²) in [6.07, 6.45) is 0. The summed E-state index contributed by atoms with van der Waals surface area (Å²) in [4.78, 5) is 0. The zero-order chi connectivity index (χ0) is 30.1. The normalized spacial score (nSPS) is 13.3. The summed E-state index contributed by atoms with van der Waals surface area (Å²) >= 11 is 0. The molecular weight excluding hydrogens is 540 g/mol. The minimum absolute atomic E-state index is 0.00245. The number of benzene rings is 8. The third kappa shape index (κ3) is 3.99. The van der Waals surface area contributed by atoms with Gasteiger partial charge in [-0.1, -0.05) is 153 Å². The molecule has 0 atom stereocenters. The van der Waals surface area contributed by atoms with E-state index in [0.717, 1.165) is 0 Å². The van der Waals surface area contributed by atoms with Crippen LogP contribution in [0.2, 0.25) is 0 Å². The van der Waals surface area contributed by atoms with E-state index in [1.54, 1.807) is 0 Å². The molecule has 0 amide bonds. The number of hydrogen-bond acceptors (Lipinski definition) is 0. The molecule has 1 aliphatic rings. The van der Waals surface area contributed by atoms with Crippen LogP contribution in [0.3, 0.4) is 0 Å². The Morgan fingerprint density at radius 3 is 1.40 bits per heavy atom. The van der Waals surface area contributed by atoms with Crippen molar-refractivity contribution in [2.45, 2.75) is 19.3 Å². The predicted octanol–water partition coefficient (Wildman–Crippen LogP) is 12.5. The molecule has 0 aliphatic heterocycles. The van der Waals surface area contributed by atoms with Gasteiger partial charge in [-0.05, 0) is 106 Å². The molecule has 9 rings (SSSR count). The number of rotatable bonds is 3. The van der Waals surface area contributed by atoms with Crippen LogP contribution in [-0.4, -0.2) is 0 Å². The molecule has 8 aromatic carbocycles. The second kappa shape index (κ2) is 9.78. The highest BCUT2D eigenvalue weighted by molar-refractivity contribution is 6.25. The van der Waals surface area contributed by atoms with Crippen LogP contribution in [-0.2, 0) is 5.41 Å². The molecule has 0 saturated carbocycles. The van der Waals surface area contributed by atoms with Gasteiger partial charge in [0.05, 0.1) is 0 Å². The molecule has 0 heterocycles. The maximum atomic E-state index is 2.41. The first-order chi connectivity index (χ1) is 22.1. The summed E-state index contributed by atoms with van der Waals surface area (Å²) in [5.41, 5.74) is 13.0. The lowest BCUT2D eigenvalue weighted by molar-refractivity contribution is 0.660. The van der Waals surface area contributed by atoms with Crippen LogP contribution < -0.4 is 0 Å². The van der Waals surface area contributed by atoms with Crippen LogP contribution in [0, 0.1) is 0 Å². The first-order valence-electron chi connectivity index (χ1n) is 15.9. The van der Waals surface area contributed by atoms with Gasteiger partial charge in [0.15, 0.2) is 0 Å².